The number of carbonyl (C=O) groups excluding carboxylic acids is 1. The van der Waals surface area contributed by atoms with Crippen molar-refractivity contribution in [3.63, 3.8) is 0 Å². The molecule has 2 heterocycles. The molecule has 10 heteroatoms. The fraction of sp³-hybridized carbons (Fsp3) is 0.476. The maximum absolute atomic E-state index is 14.3. The Morgan fingerprint density at radius 1 is 1.23 bits per heavy atom. The maximum atomic E-state index is 14.3. The van der Waals surface area contributed by atoms with Gasteiger partial charge in [0.05, 0.1) is 19.5 Å². The van der Waals surface area contributed by atoms with Crippen molar-refractivity contribution >= 4 is 23.3 Å². The first-order chi connectivity index (χ1) is 14.9. The number of aromatic nitrogens is 3. The Balaban J connectivity index is 1.64. The number of carbonyl (C=O) groups is 1. The lowest BCUT2D eigenvalue weighted by atomic mass is 9.95. The van der Waals surface area contributed by atoms with Crippen molar-refractivity contribution in [2.75, 3.05) is 24.7 Å². The lowest BCUT2D eigenvalue weighted by Crippen LogP contribution is -2.18. The van der Waals surface area contributed by atoms with E-state index in [4.69, 9.17) is 15.9 Å². The van der Waals surface area contributed by atoms with E-state index in [1.54, 1.807) is 0 Å². The van der Waals surface area contributed by atoms with Crippen molar-refractivity contribution < 1.29 is 18.3 Å². The lowest BCUT2D eigenvalue weighted by molar-refractivity contribution is -0.141. The van der Waals surface area contributed by atoms with E-state index in [0.717, 1.165) is 50.6 Å². The normalized spacial score (nSPS) is 18.8. The number of nitrogen functional groups attached to an aromatic ring is 1. The number of hydrogen-bond acceptors (Lipinski definition) is 8. The fourth-order valence-corrected chi connectivity index (χ4v) is 3.81. The van der Waals surface area contributed by atoms with Crippen LogP contribution in [0.4, 0.5) is 20.4 Å². The van der Waals surface area contributed by atoms with Crippen molar-refractivity contribution in [2.45, 2.75) is 38.5 Å². The first-order valence-corrected chi connectivity index (χ1v) is 10.2. The van der Waals surface area contributed by atoms with Crippen molar-refractivity contribution in [1.29, 1.82) is 5.41 Å². The van der Waals surface area contributed by atoms with Gasteiger partial charge in [0.15, 0.2) is 17.5 Å². The van der Waals surface area contributed by atoms with Gasteiger partial charge in [0.1, 0.15) is 17.3 Å². The summed E-state index contributed by atoms with van der Waals surface area (Å²) in [5, 5.41) is 11.2. The highest BCUT2D eigenvalue weighted by Crippen LogP contribution is 2.30. The number of halogens is 2. The molecule has 3 rings (SSSR count). The van der Waals surface area contributed by atoms with E-state index in [1.165, 1.54) is 7.11 Å². The second kappa shape index (κ2) is 10.2. The molecule has 1 fully saturated rings. The van der Waals surface area contributed by atoms with Gasteiger partial charge in [-0.3, -0.25) is 10.2 Å². The van der Waals surface area contributed by atoms with Crippen LogP contribution in [0.5, 0.6) is 0 Å². The van der Waals surface area contributed by atoms with Gasteiger partial charge in [0.2, 0.25) is 0 Å². The summed E-state index contributed by atoms with van der Waals surface area (Å²) in [5.74, 6) is -0.987. The van der Waals surface area contributed by atoms with E-state index in [2.05, 4.69) is 20.3 Å². The van der Waals surface area contributed by atoms with Crippen LogP contribution in [0.25, 0.3) is 0 Å². The topological polar surface area (TPSA) is 127 Å². The van der Waals surface area contributed by atoms with E-state index < -0.39 is 11.6 Å². The number of ether oxygens (including phenoxy) is 1. The van der Waals surface area contributed by atoms with Gasteiger partial charge < -0.3 is 15.8 Å². The third-order valence-corrected chi connectivity index (χ3v) is 5.57. The van der Waals surface area contributed by atoms with E-state index in [-0.39, 0.29) is 34.7 Å². The van der Waals surface area contributed by atoms with E-state index in [9.17, 15) is 13.6 Å². The SMILES string of the molecule is COC(=O)CC1CCCC(CNc2nc(C(=N)c3cc(F)cnc3N)ncc2F)CC1. The molecule has 0 spiro atoms. The Morgan fingerprint density at radius 2 is 1.97 bits per heavy atom. The van der Waals surface area contributed by atoms with Crippen molar-refractivity contribution in [3.8, 4) is 0 Å². The number of nitrogens with zero attached hydrogens (tertiary/aromatic N) is 3. The molecule has 0 aliphatic heterocycles. The van der Waals surface area contributed by atoms with Gasteiger partial charge in [-0.1, -0.05) is 6.42 Å². The summed E-state index contributed by atoms with van der Waals surface area (Å²) in [7, 11) is 1.40. The first kappa shape index (κ1) is 22.5. The van der Waals surface area contributed by atoms with Crippen LogP contribution < -0.4 is 11.1 Å². The van der Waals surface area contributed by atoms with Gasteiger partial charge in [-0.15, -0.1) is 0 Å². The van der Waals surface area contributed by atoms with Crippen LogP contribution >= 0.6 is 0 Å². The standard InChI is InChI=1S/C21H26F2N6O2/c1-31-17(30)7-12-3-2-4-13(6-5-12)9-27-20-16(23)11-28-21(29-20)18(24)15-8-14(22)10-26-19(15)25/h8,10-13,24H,2-7,9H2,1H3,(H2,25,26)(H,27,28,29). The Bertz CT molecular complexity index is 955. The second-order valence-electron chi connectivity index (χ2n) is 7.75. The molecular formula is C21H26F2N6O2. The van der Waals surface area contributed by atoms with Crippen LogP contribution in [0.1, 0.15) is 49.9 Å². The third kappa shape index (κ3) is 5.93. The third-order valence-electron chi connectivity index (χ3n) is 5.57. The molecule has 1 saturated carbocycles. The minimum absolute atomic E-state index is 0.0203. The zero-order chi connectivity index (χ0) is 22.4. The summed E-state index contributed by atoms with van der Waals surface area (Å²) in [5.41, 5.74) is 5.52. The highest BCUT2D eigenvalue weighted by Gasteiger charge is 2.22. The van der Waals surface area contributed by atoms with Crippen LogP contribution in [-0.4, -0.2) is 40.3 Å². The molecule has 0 bridgehead atoms. The van der Waals surface area contributed by atoms with Crippen LogP contribution in [0, 0.1) is 28.9 Å². The Morgan fingerprint density at radius 3 is 2.74 bits per heavy atom. The van der Waals surface area contributed by atoms with E-state index >= 15 is 0 Å². The summed E-state index contributed by atoms with van der Waals surface area (Å²) in [6, 6.07) is 1.07. The number of esters is 1. The van der Waals surface area contributed by atoms with Crippen molar-refractivity contribution in [2.24, 2.45) is 11.8 Å². The molecule has 0 saturated heterocycles. The molecule has 2 unspecified atom stereocenters. The molecule has 4 N–H and O–H groups in total. The van der Waals surface area contributed by atoms with Gasteiger partial charge in [-0.2, -0.15) is 0 Å². The van der Waals surface area contributed by atoms with Gasteiger partial charge in [0.25, 0.3) is 0 Å². The molecule has 0 amide bonds. The summed E-state index contributed by atoms with van der Waals surface area (Å²) in [6.45, 7) is 0.509. The fourth-order valence-electron chi connectivity index (χ4n) is 3.81. The Hall–Kier alpha value is -3.17. The molecule has 0 radical (unpaired) electrons. The maximum Gasteiger partial charge on any atom is 0.305 e. The largest absolute Gasteiger partial charge is 0.469 e. The quantitative estimate of drug-likeness (QED) is 0.348. The van der Waals surface area contributed by atoms with E-state index in [1.807, 2.05) is 0 Å². The summed E-state index contributed by atoms with van der Waals surface area (Å²) in [6.07, 6.45) is 7.10. The molecule has 0 aromatic carbocycles. The monoisotopic (exact) mass is 432 g/mol. The average molecular weight is 432 g/mol. The van der Waals surface area contributed by atoms with Crippen LogP contribution in [-0.2, 0) is 9.53 Å². The molecule has 1 aliphatic rings. The number of anilines is 2. The number of nitrogens with one attached hydrogen (secondary N) is 2. The predicted molar refractivity (Wildman–Crippen MR) is 112 cm³/mol. The Kier molecular flexibility index (Phi) is 7.43. The van der Waals surface area contributed by atoms with E-state index in [0.29, 0.717) is 24.8 Å². The summed E-state index contributed by atoms with van der Waals surface area (Å²) in [4.78, 5) is 23.1. The molecule has 166 valence electrons. The van der Waals surface area contributed by atoms with Crippen LogP contribution in [0.3, 0.4) is 0 Å². The average Bonchev–Trinajstić information content (AvgIpc) is 2.99. The number of methoxy groups -OCH3 is 1. The van der Waals surface area contributed by atoms with Gasteiger partial charge >= 0.3 is 5.97 Å². The molecule has 2 atom stereocenters. The number of pyridine rings is 1. The highest BCUT2D eigenvalue weighted by molar-refractivity contribution is 6.11. The smallest absolute Gasteiger partial charge is 0.305 e. The summed E-state index contributed by atoms with van der Waals surface area (Å²) >= 11 is 0. The molecular weight excluding hydrogens is 406 g/mol. The molecule has 2 aromatic rings. The highest BCUT2D eigenvalue weighted by atomic mass is 19.1. The van der Waals surface area contributed by atoms with Crippen LogP contribution in [0.2, 0.25) is 0 Å². The number of hydrogen-bond donors (Lipinski definition) is 3. The summed E-state index contributed by atoms with van der Waals surface area (Å²) < 4.78 is 32.5. The van der Waals surface area contributed by atoms with Crippen molar-refractivity contribution in [1.82, 2.24) is 15.0 Å². The number of nitrogens with two attached hydrogens (primary N) is 1. The second-order valence-corrected chi connectivity index (χ2v) is 7.75. The van der Waals surface area contributed by atoms with Crippen molar-refractivity contribution in [3.05, 3.63) is 41.5 Å². The van der Waals surface area contributed by atoms with Gasteiger partial charge in [0, 0.05) is 18.5 Å². The zero-order valence-corrected chi connectivity index (χ0v) is 17.3. The van der Waals surface area contributed by atoms with Gasteiger partial charge in [-0.05, 0) is 43.6 Å². The number of rotatable bonds is 7. The minimum Gasteiger partial charge on any atom is -0.469 e. The van der Waals surface area contributed by atoms with Crippen LogP contribution in [0.15, 0.2) is 18.5 Å². The Labute approximate surface area is 179 Å². The molecule has 2 aromatic heterocycles. The minimum atomic E-state index is -0.645. The molecule has 31 heavy (non-hydrogen) atoms. The predicted octanol–water partition coefficient (Wildman–Crippen LogP) is 3.32. The lowest BCUT2D eigenvalue weighted by Gasteiger charge is -2.16. The zero-order valence-electron chi connectivity index (χ0n) is 17.3. The first-order valence-electron chi connectivity index (χ1n) is 10.2. The molecule has 1 aliphatic carbocycles. The van der Waals surface area contributed by atoms with Gasteiger partial charge in [-0.25, -0.2) is 23.7 Å². The molecule has 8 nitrogen and oxygen atoms in total.